The van der Waals surface area contributed by atoms with Crippen LogP contribution in [0.3, 0.4) is 0 Å². The van der Waals surface area contributed by atoms with Crippen LogP contribution < -0.4 is 9.47 Å². The van der Waals surface area contributed by atoms with Crippen LogP contribution in [0.5, 0.6) is 17.4 Å². The first kappa shape index (κ1) is 21.9. The minimum Gasteiger partial charge on any atom is -0.497 e. The van der Waals surface area contributed by atoms with Crippen LogP contribution in [0.4, 0.5) is 0 Å². The van der Waals surface area contributed by atoms with Crippen molar-refractivity contribution in [2.45, 2.75) is 40.2 Å². The van der Waals surface area contributed by atoms with E-state index in [9.17, 15) is 4.79 Å². The van der Waals surface area contributed by atoms with Gasteiger partial charge in [0.15, 0.2) is 0 Å². The zero-order valence-corrected chi connectivity index (χ0v) is 19.2. The lowest BCUT2D eigenvalue weighted by molar-refractivity contribution is -0.135. The van der Waals surface area contributed by atoms with Crippen LogP contribution in [-0.4, -0.2) is 34.2 Å². The number of aromatic nitrogens is 2. The fraction of sp³-hybridized carbons (Fsp3) is 0.385. The van der Waals surface area contributed by atoms with Crippen LogP contribution in [0.1, 0.15) is 37.9 Å². The summed E-state index contributed by atoms with van der Waals surface area (Å²) in [6.45, 7) is 7.14. The SMILES string of the molecule is COc1cccc(Oc2c(CN(CC3CC3)C(=O)C(C)C)c(C)nn2-c2ccccc2)c1. The maximum atomic E-state index is 13.0. The van der Waals surface area contributed by atoms with Crippen LogP contribution in [-0.2, 0) is 11.3 Å². The monoisotopic (exact) mass is 433 g/mol. The van der Waals surface area contributed by atoms with E-state index in [4.69, 9.17) is 14.6 Å². The van der Waals surface area contributed by atoms with Crippen molar-refractivity contribution in [3.05, 3.63) is 65.9 Å². The number of aryl methyl sites for hydroxylation is 1. The van der Waals surface area contributed by atoms with Gasteiger partial charge in [-0.1, -0.05) is 38.1 Å². The molecule has 0 radical (unpaired) electrons. The number of ether oxygens (including phenoxy) is 2. The Balaban J connectivity index is 1.74. The number of rotatable bonds is 9. The molecule has 4 rings (SSSR count). The maximum absolute atomic E-state index is 13.0. The van der Waals surface area contributed by atoms with Gasteiger partial charge in [0.2, 0.25) is 11.8 Å². The van der Waals surface area contributed by atoms with Crippen LogP contribution >= 0.6 is 0 Å². The van der Waals surface area contributed by atoms with E-state index in [1.807, 2.05) is 85.0 Å². The average molecular weight is 434 g/mol. The van der Waals surface area contributed by atoms with E-state index in [-0.39, 0.29) is 11.8 Å². The third-order valence-electron chi connectivity index (χ3n) is 5.72. The fourth-order valence-electron chi connectivity index (χ4n) is 3.75. The third kappa shape index (κ3) is 4.96. The van der Waals surface area contributed by atoms with E-state index >= 15 is 0 Å². The first-order valence-electron chi connectivity index (χ1n) is 11.2. The van der Waals surface area contributed by atoms with E-state index in [2.05, 4.69) is 0 Å². The topological polar surface area (TPSA) is 56.6 Å². The molecule has 6 nitrogen and oxygen atoms in total. The van der Waals surface area contributed by atoms with Crippen molar-refractivity contribution < 1.29 is 14.3 Å². The molecule has 3 aromatic rings. The second-order valence-electron chi connectivity index (χ2n) is 8.71. The molecule has 1 heterocycles. The molecule has 2 aromatic carbocycles. The van der Waals surface area contributed by atoms with Crippen molar-refractivity contribution in [1.29, 1.82) is 0 Å². The Morgan fingerprint density at radius 2 is 1.84 bits per heavy atom. The van der Waals surface area contributed by atoms with Crippen LogP contribution in [0.15, 0.2) is 54.6 Å². The molecule has 32 heavy (non-hydrogen) atoms. The second kappa shape index (κ2) is 9.47. The highest BCUT2D eigenvalue weighted by Gasteiger charge is 2.30. The summed E-state index contributed by atoms with van der Waals surface area (Å²) < 4.78 is 13.6. The number of methoxy groups -OCH3 is 1. The van der Waals surface area contributed by atoms with E-state index in [0.29, 0.717) is 24.1 Å². The third-order valence-corrected chi connectivity index (χ3v) is 5.72. The summed E-state index contributed by atoms with van der Waals surface area (Å²) >= 11 is 0. The number of nitrogens with zero attached hydrogens (tertiary/aromatic N) is 3. The Hall–Kier alpha value is -3.28. The van der Waals surface area contributed by atoms with Gasteiger partial charge in [0.25, 0.3) is 0 Å². The van der Waals surface area contributed by atoms with Gasteiger partial charge in [0, 0.05) is 18.5 Å². The minimum absolute atomic E-state index is 0.0547. The van der Waals surface area contributed by atoms with Gasteiger partial charge in [-0.25, -0.2) is 4.68 Å². The summed E-state index contributed by atoms with van der Waals surface area (Å²) in [5.41, 5.74) is 2.68. The molecule has 0 saturated heterocycles. The van der Waals surface area contributed by atoms with Crippen LogP contribution in [0.25, 0.3) is 5.69 Å². The normalized spacial score (nSPS) is 13.3. The zero-order valence-electron chi connectivity index (χ0n) is 19.2. The highest BCUT2D eigenvalue weighted by Crippen LogP contribution is 2.35. The number of carbonyl (C=O) groups excluding carboxylic acids is 1. The molecule has 1 fully saturated rings. The molecule has 0 unspecified atom stereocenters. The number of para-hydroxylation sites is 1. The second-order valence-corrected chi connectivity index (χ2v) is 8.71. The maximum Gasteiger partial charge on any atom is 0.227 e. The number of benzene rings is 2. The lowest BCUT2D eigenvalue weighted by Crippen LogP contribution is -2.35. The number of carbonyl (C=O) groups is 1. The van der Waals surface area contributed by atoms with Gasteiger partial charge in [-0.3, -0.25) is 4.79 Å². The summed E-state index contributed by atoms with van der Waals surface area (Å²) in [5.74, 6) is 2.71. The van der Waals surface area contributed by atoms with Crippen molar-refractivity contribution in [1.82, 2.24) is 14.7 Å². The minimum atomic E-state index is -0.0547. The fourth-order valence-corrected chi connectivity index (χ4v) is 3.75. The van der Waals surface area contributed by atoms with Crippen molar-refractivity contribution in [2.75, 3.05) is 13.7 Å². The van der Waals surface area contributed by atoms with Gasteiger partial charge in [-0.2, -0.15) is 5.10 Å². The van der Waals surface area contributed by atoms with Gasteiger partial charge < -0.3 is 14.4 Å². The first-order valence-corrected chi connectivity index (χ1v) is 11.2. The Kier molecular flexibility index (Phi) is 6.49. The van der Waals surface area contributed by atoms with Crippen LogP contribution in [0, 0.1) is 18.8 Å². The molecule has 0 aliphatic heterocycles. The predicted molar refractivity (Wildman–Crippen MR) is 124 cm³/mol. The van der Waals surface area contributed by atoms with Gasteiger partial charge in [0.05, 0.1) is 30.6 Å². The Morgan fingerprint density at radius 1 is 1.12 bits per heavy atom. The molecule has 0 N–H and O–H groups in total. The van der Waals surface area contributed by atoms with Gasteiger partial charge in [-0.05, 0) is 49.9 Å². The molecule has 0 bridgehead atoms. The Bertz CT molecular complexity index is 1070. The summed E-state index contributed by atoms with van der Waals surface area (Å²) in [7, 11) is 1.64. The lowest BCUT2D eigenvalue weighted by atomic mass is 10.1. The van der Waals surface area contributed by atoms with Crippen molar-refractivity contribution >= 4 is 5.91 Å². The van der Waals surface area contributed by atoms with E-state index in [0.717, 1.165) is 29.2 Å². The Labute approximate surface area is 189 Å². The molecule has 1 aliphatic rings. The number of hydrogen-bond acceptors (Lipinski definition) is 4. The lowest BCUT2D eigenvalue weighted by Gasteiger charge is -2.25. The van der Waals surface area contributed by atoms with E-state index in [1.54, 1.807) is 7.11 Å². The largest absolute Gasteiger partial charge is 0.497 e. The van der Waals surface area contributed by atoms with Crippen molar-refractivity contribution in [3.63, 3.8) is 0 Å². The van der Waals surface area contributed by atoms with Crippen molar-refractivity contribution in [2.24, 2.45) is 11.8 Å². The van der Waals surface area contributed by atoms with E-state index in [1.165, 1.54) is 12.8 Å². The van der Waals surface area contributed by atoms with Gasteiger partial charge in [0.1, 0.15) is 11.5 Å². The summed E-state index contributed by atoms with van der Waals surface area (Å²) in [6.07, 6.45) is 2.38. The first-order chi connectivity index (χ1) is 15.5. The molecule has 1 amide bonds. The number of amides is 1. The van der Waals surface area contributed by atoms with Gasteiger partial charge in [-0.15, -0.1) is 0 Å². The van der Waals surface area contributed by atoms with E-state index < -0.39 is 0 Å². The highest BCUT2D eigenvalue weighted by atomic mass is 16.5. The molecule has 1 aromatic heterocycles. The molecule has 1 aliphatic carbocycles. The predicted octanol–water partition coefficient (Wildman–Crippen LogP) is 5.38. The molecule has 168 valence electrons. The molecular weight excluding hydrogens is 402 g/mol. The smallest absolute Gasteiger partial charge is 0.227 e. The average Bonchev–Trinajstić information content (AvgIpc) is 3.58. The Morgan fingerprint density at radius 3 is 2.50 bits per heavy atom. The van der Waals surface area contributed by atoms with Crippen LogP contribution in [0.2, 0.25) is 0 Å². The highest BCUT2D eigenvalue weighted by molar-refractivity contribution is 5.78. The summed E-state index contributed by atoms with van der Waals surface area (Å²) in [5, 5.41) is 4.79. The van der Waals surface area contributed by atoms with Gasteiger partial charge >= 0.3 is 0 Å². The van der Waals surface area contributed by atoms with Crippen molar-refractivity contribution in [3.8, 4) is 23.1 Å². The summed E-state index contributed by atoms with van der Waals surface area (Å²) in [6, 6.07) is 17.4. The molecule has 1 saturated carbocycles. The quantitative estimate of drug-likeness (QED) is 0.455. The standard InChI is InChI=1S/C26H31N3O3/c1-18(2)25(30)28(16-20-13-14-20)17-24-19(3)27-29(21-9-6-5-7-10-21)26(24)32-23-12-8-11-22(15-23)31-4/h5-12,15,18,20H,13-14,16-17H2,1-4H3. The summed E-state index contributed by atoms with van der Waals surface area (Å²) in [4.78, 5) is 15.0. The zero-order chi connectivity index (χ0) is 22.7. The molecule has 0 atom stereocenters. The number of hydrogen-bond donors (Lipinski definition) is 0. The molecule has 0 spiro atoms. The molecular formula is C26H31N3O3. The molecule has 6 heteroatoms.